The lowest BCUT2D eigenvalue weighted by Crippen LogP contribution is -2.53. The van der Waals surface area contributed by atoms with Crippen LogP contribution in [0.2, 0.25) is 0 Å². The number of rotatable bonds is 2. The summed E-state index contributed by atoms with van der Waals surface area (Å²) in [6.07, 6.45) is -6.09. The minimum absolute atomic E-state index is 0.285. The predicted octanol–water partition coefficient (Wildman–Crippen LogP) is 3.92. The molecule has 1 aromatic carbocycles. The normalized spacial score (nSPS) is 16.3. The number of hydrogen-bond acceptors (Lipinski definition) is 1. The van der Waals surface area contributed by atoms with Crippen LogP contribution in [0.25, 0.3) is 0 Å². The fourth-order valence-corrected chi connectivity index (χ4v) is 1.59. The van der Waals surface area contributed by atoms with Crippen molar-refractivity contribution in [3.8, 4) is 0 Å². The molecule has 0 heterocycles. The van der Waals surface area contributed by atoms with Crippen LogP contribution in [0.1, 0.15) is 22.3 Å². The van der Waals surface area contributed by atoms with E-state index >= 15 is 0 Å². The zero-order valence-electron chi connectivity index (χ0n) is 10.4. The zero-order chi connectivity index (χ0) is 15.2. The summed E-state index contributed by atoms with van der Waals surface area (Å²) in [5.41, 5.74) is -0.0373. The Morgan fingerprint density at radius 3 is 1.53 bits per heavy atom. The van der Waals surface area contributed by atoms with Gasteiger partial charge in [0.2, 0.25) is 0 Å². The topological polar surface area (TPSA) is 20.2 Å². The number of aryl methyl sites for hydroxylation is 2. The molecule has 1 atom stereocenters. The summed E-state index contributed by atoms with van der Waals surface area (Å²) in [5.74, 6) is -10.7. The van der Waals surface area contributed by atoms with Gasteiger partial charge < -0.3 is 5.11 Å². The molecule has 1 unspecified atom stereocenters. The predicted molar refractivity (Wildman–Crippen MR) is 56.7 cm³/mol. The van der Waals surface area contributed by atoms with Crippen molar-refractivity contribution in [1.82, 2.24) is 0 Å². The molecule has 108 valence electrons. The number of aliphatic hydroxyl groups is 1. The van der Waals surface area contributed by atoms with Gasteiger partial charge in [0.15, 0.2) is 0 Å². The van der Waals surface area contributed by atoms with Crippen LogP contribution in [-0.4, -0.2) is 17.1 Å². The van der Waals surface area contributed by atoms with Crippen molar-refractivity contribution in [3.63, 3.8) is 0 Å². The zero-order valence-corrected chi connectivity index (χ0v) is 10.4. The maximum Gasteiger partial charge on any atom is 0.455 e. The highest BCUT2D eigenvalue weighted by Crippen LogP contribution is 2.49. The molecule has 1 nitrogen and oxygen atoms in total. The molecule has 0 aliphatic rings. The van der Waals surface area contributed by atoms with E-state index in [1.54, 1.807) is 6.92 Å². The van der Waals surface area contributed by atoms with Gasteiger partial charge in [-0.1, -0.05) is 0 Å². The lowest BCUT2D eigenvalue weighted by Gasteiger charge is -2.31. The Balaban J connectivity index is 3.44. The summed E-state index contributed by atoms with van der Waals surface area (Å²) in [6, 6.07) is 1.47. The van der Waals surface area contributed by atoms with Crippen LogP contribution in [0, 0.1) is 20.8 Å². The van der Waals surface area contributed by atoms with Gasteiger partial charge in [0, 0.05) is 5.56 Å². The smallest absolute Gasteiger partial charge is 0.350 e. The molecule has 0 spiro atoms. The van der Waals surface area contributed by atoms with E-state index in [1.807, 2.05) is 0 Å². The van der Waals surface area contributed by atoms with Crippen LogP contribution in [0.15, 0.2) is 12.1 Å². The second kappa shape index (κ2) is 4.40. The van der Waals surface area contributed by atoms with E-state index in [0.29, 0.717) is 5.56 Å². The van der Waals surface area contributed by atoms with Crippen molar-refractivity contribution in [2.24, 2.45) is 0 Å². The average Bonchev–Trinajstić information content (AvgIpc) is 2.23. The van der Waals surface area contributed by atoms with Crippen LogP contribution < -0.4 is 0 Å². The number of benzene rings is 1. The highest BCUT2D eigenvalue weighted by Gasteiger charge is 2.71. The first-order valence-corrected chi connectivity index (χ1v) is 5.26. The van der Waals surface area contributed by atoms with Crippen molar-refractivity contribution < 1.29 is 31.4 Å². The molecule has 1 N–H and O–H groups in total. The first kappa shape index (κ1) is 15.8. The molecule has 0 aliphatic heterocycles. The maximum atomic E-state index is 13.6. The third kappa shape index (κ3) is 2.43. The largest absolute Gasteiger partial charge is 0.455 e. The molecular weight excluding hydrogens is 274 g/mol. The lowest BCUT2D eigenvalue weighted by molar-refractivity contribution is -0.390. The Morgan fingerprint density at radius 2 is 1.21 bits per heavy atom. The van der Waals surface area contributed by atoms with E-state index in [-0.39, 0.29) is 11.1 Å². The fourth-order valence-electron chi connectivity index (χ4n) is 1.59. The number of halogens is 6. The van der Waals surface area contributed by atoms with Crippen molar-refractivity contribution in [2.75, 3.05) is 0 Å². The molecule has 0 fully saturated rings. The van der Waals surface area contributed by atoms with Gasteiger partial charge in [-0.25, -0.2) is 0 Å². The molecule has 0 aliphatic carbocycles. The van der Waals surface area contributed by atoms with Crippen LogP contribution in [-0.2, 0) is 5.92 Å². The van der Waals surface area contributed by atoms with Crippen LogP contribution in [0.5, 0.6) is 0 Å². The van der Waals surface area contributed by atoms with Gasteiger partial charge in [-0.05, 0) is 49.6 Å². The van der Waals surface area contributed by atoms with Gasteiger partial charge in [0.05, 0.1) is 0 Å². The Bertz CT molecular complexity index is 466. The third-order valence-corrected chi connectivity index (χ3v) is 3.08. The van der Waals surface area contributed by atoms with Gasteiger partial charge in [-0.3, -0.25) is 0 Å². The van der Waals surface area contributed by atoms with Crippen molar-refractivity contribution in [2.45, 2.75) is 38.7 Å². The van der Waals surface area contributed by atoms with Crippen molar-refractivity contribution in [1.29, 1.82) is 0 Å². The van der Waals surface area contributed by atoms with Crippen LogP contribution in [0.3, 0.4) is 0 Å². The van der Waals surface area contributed by atoms with Gasteiger partial charge >= 0.3 is 18.0 Å². The van der Waals surface area contributed by atoms with Gasteiger partial charge in [-0.2, -0.15) is 26.3 Å². The van der Waals surface area contributed by atoms with Gasteiger partial charge in [-0.15, -0.1) is 0 Å². The minimum atomic E-state index is -6.09. The molecule has 19 heavy (non-hydrogen) atoms. The number of alkyl halides is 6. The molecule has 1 aromatic rings. The van der Waals surface area contributed by atoms with E-state index in [9.17, 15) is 26.3 Å². The van der Waals surface area contributed by atoms with E-state index in [4.69, 9.17) is 5.11 Å². The molecule has 0 amide bonds. The molecule has 7 heteroatoms. The van der Waals surface area contributed by atoms with Crippen molar-refractivity contribution >= 4 is 0 Å². The third-order valence-electron chi connectivity index (χ3n) is 3.08. The monoisotopic (exact) mass is 286 g/mol. The summed E-state index contributed by atoms with van der Waals surface area (Å²) in [4.78, 5) is 0. The molecule has 0 saturated carbocycles. The molecule has 0 saturated heterocycles. The highest BCUT2D eigenvalue weighted by molar-refractivity contribution is 5.39. The summed E-state index contributed by atoms with van der Waals surface area (Å²) in [6.45, 7) is 4.41. The Morgan fingerprint density at radius 1 is 0.842 bits per heavy atom. The van der Waals surface area contributed by atoms with Crippen LogP contribution in [0.4, 0.5) is 26.3 Å². The standard InChI is InChI=1S/C12H12F6O/c1-6-4-9(5-7(2)8(6)3)10(13,14)11(15,19)12(16,17)18/h4-5,19H,1-3H3. The maximum absolute atomic E-state index is 13.6. The van der Waals surface area contributed by atoms with E-state index in [2.05, 4.69) is 0 Å². The molecule has 1 rings (SSSR count). The fraction of sp³-hybridized carbons (Fsp3) is 0.500. The Kier molecular flexibility index (Phi) is 3.66. The Hall–Kier alpha value is -1.24. The quantitative estimate of drug-likeness (QED) is 0.817. The lowest BCUT2D eigenvalue weighted by atomic mass is 9.94. The second-order valence-corrected chi connectivity index (χ2v) is 4.43. The van der Waals surface area contributed by atoms with Crippen LogP contribution >= 0.6 is 0 Å². The minimum Gasteiger partial charge on any atom is -0.350 e. The molecular formula is C12H12F6O. The SMILES string of the molecule is Cc1cc(C(F)(F)C(O)(F)C(F)(F)F)cc(C)c1C. The molecule has 0 aromatic heterocycles. The number of hydrogen-bond donors (Lipinski definition) is 1. The summed E-state index contributed by atoms with van der Waals surface area (Å²) >= 11 is 0. The summed E-state index contributed by atoms with van der Waals surface area (Å²) in [5, 5.41) is 8.54. The Labute approximate surface area is 105 Å². The van der Waals surface area contributed by atoms with E-state index < -0.39 is 23.5 Å². The average molecular weight is 286 g/mol. The van der Waals surface area contributed by atoms with Gasteiger partial charge in [0.1, 0.15) is 0 Å². The first-order chi connectivity index (χ1) is 8.32. The van der Waals surface area contributed by atoms with Gasteiger partial charge in [0.25, 0.3) is 0 Å². The molecule has 0 bridgehead atoms. The van der Waals surface area contributed by atoms with E-state index in [0.717, 1.165) is 12.1 Å². The molecule has 0 radical (unpaired) electrons. The van der Waals surface area contributed by atoms with E-state index in [1.165, 1.54) is 13.8 Å². The second-order valence-electron chi connectivity index (χ2n) is 4.43. The van der Waals surface area contributed by atoms with Crippen molar-refractivity contribution in [3.05, 3.63) is 34.4 Å². The summed E-state index contributed by atoms with van der Waals surface area (Å²) < 4.78 is 76.8. The summed E-state index contributed by atoms with van der Waals surface area (Å²) in [7, 11) is 0. The first-order valence-electron chi connectivity index (χ1n) is 5.26. The highest BCUT2D eigenvalue weighted by atomic mass is 19.4.